The highest BCUT2D eigenvalue weighted by atomic mass is 16.5. The maximum atomic E-state index is 6.09. The first-order valence-corrected chi connectivity index (χ1v) is 6.63. The second-order valence-electron chi connectivity index (χ2n) is 6.06. The number of likely N-dealkylation sites (tertiary alicyclic amines) is 1. The number of ether oxygens (including phenoxy) is 2. The molecule has 4 heteroatoms. The van der Waals surface area contributed by atoms with E-state index in [0.717, 1.165) is 45.5 Å². The topological polar surface area (TPSA) is 47.7 Å². The van der Waals surface area contributed by atoms with Crippen molar-refractivity contribution >= 4 is 0 Å². The van der Waals surface area contributed by atoms with Gasteiger partial charge >= 0.3 is 0 Å². The van der Waals surface area contributed by atoms with Crippen molar-refractivity contribution < 1.29 is 9.47 Å². The van der Waals surface area contributed by atoms with Gasteiger partial charge in [-0.3, -0.25) is 4.90 Å². The largest absolute Gasteiger partial charge is 0.380 e. The summed E-state index contributed by atoms with van der Waals surface area (Å²) in [6.07, 6.45) is 3.57. The lowest BCUT2D eigenvalue weighted by molar-refractivity contribution is -0.115. The molecule has 0 aliphatic carbocycles. The zero-order valence-electron chi connectivity index (χ0n) is 11.4. The molecule has 2 N–H and O–H groups in total. The van der Waals surface area contributed by atoms with E-state index in [0.29, 0.717) is 6.10 Å². The Morgan fingerprint density at radius 2 is 2.24 bits per heavy atom. The molecule has 0 saturated carbocycles. The summed E-state index contributed by atoms with van der Waals surface area (Å²) >= 11 is 0. The number of hydrogen-bond acceptors (Lipinski definition) is 4. The van der Waals surface area contributed by atoms with Gasteiger partial charge in [0.05, 0.1) is 11.7 Å². The van der Waals surface area contributed by atoms with Crippen LogP contribution in [0.25, 0.3) is 0 Å². The number of rotatable bonds is 3. The molecule has 4 nitrogen and oxygen atoms in total. The van der Waals surface area contributed by atoms with Crippen molar-refractivity contribution in [2.45, 2.75) is 50.4 Å². The molecule has 2 saturated heterocycles. The number of methoxy groups -OCH3 is 1. The van der Waals surface area contributed by atoms with Crippen LogP contribution in [0.1, 0.15) is 33.1 Å². The first-order valence-electron chi connectivity index (χ1n) is 6.63. The minimum absolute atomic E-state index is 0.0528. The summed E-state index contributed by atoms with van der Waals surface area (Å²) in [6.45, 7) is 7.99. The Morgan fingerprint density at radius 1 is 1.47 bits per heavy atom. The van der Waals surface area contributed by atoms with Gasteiger partial charge in [-0.25, -0.2) is 0 Å². The predicted octanol–water partition coefficient (Wildman–Crippen LogP) is 0.994. The van der Waals surface area contributed by atoms with E-state index < -0.39 is 0 Å². The molecule has 0 bridgehead atoms. The van der Waals surface area contributed by atoms with Crippen molar-refractivity contribution in [1.29, 1.82) is 0 Å². The van der Waals surface area contributed by atoms with Gasteiger partial charge in [0, 0.05) is 38.9 Å². The molecule has 2 aliphatic heterocycles. The van der Waals surface area contributed by atoms with Gasteiger partial charge in [0.15, 0.2) is 0 Å². The zero-order chi connectivity index (χ0) is 12.5. The zero-order valence-corrected chi connectivity index (χ0v) is 11.4. The molecular weight excluding hydrogens is 216 g/mol. The van der Waals surface area contributed by atoms with Crippen LogP contribution in [-0.4, -0.2) is 55.5 Å². The quantitative estimate of drug-likeness (QED) is 0.802. The fraction of sp³-hybridized carbons (Fsp3) is 1.00. The molecule has 0 spiro atoms. The average Bonchev–Trinajstić information content (AvgIpc) is 2.76. The number of nitrogens with zero attached hydrogens (tertiary/aromatic N) is 1. The van der Waals surface area contributed by atoms with Crippen molar-refractivity contribution in [2.75, 3.05) is 33.4 Å². The molecule has 0 radical (unpaired) electrons. The van der Waals surface area contributed by atoms with Gasteiger partial charge in [0.1, 0.15) is 0 Å². The second kappa shape index (κ2) is 4.84. The monoisotopic (exact) mass is 242 g/mol. The lowest BCUT2D eigenvalue weighted by Crippen LogP contribution is -2.60. The van der Waals surface area contributed by atoms with Gasteiger partial charge in [0.25, 0.3) is 0 Å². The Bertz CT molecular complexity index is 270. The van der Waals surface area contributed by atoms with E-state index in [1.165, 1.54) is 0 Å². The summed E-state index contributed by atoms with van der Waals surface area (Å²) in [5.74, 6) is 0. The van der Waals surface area contributed by atoms with Gasteiger partial charge in [-0.05, 0) is 33.1 Å². The normalized spacial score (nSPS) is 38.5. The first kappa shape index (κ1) is 13.3. The Morgan fingerprint density at radius 3 is 2.76 bits per heavy atom. The van der Waals surface area contributed by atoms with Gasteiger partial charge in [0.2, 0.25) is 0 Å². The van der Waals surface area contributed by atoms with Crippen molar-refractivity contribution in [1.82, 2.24) is 4.90 Å². The van der Waals surface area contributed by atoms with Crippen molar-refractivity contribution in [3.05, 3.63) is 0 Å². The fourth-order valence-corrected chi connectivity index (χ4v) is 3.37. The summed E-state index contributed by atoms with van der Waals surface area (Å²) in [5.41, 5.74) is 6.16. The highest BCUT2D eigenvalue weighted by Crippen LogP contribution is 2.37. The summed E-state index contributed by atoms with van der Waals surface area (Å²) in [6, 6.07) is 0. The van der Waals surface area contributed by atoms with Crippen LogP contribution in [0.2, 0.25) is 0 Å². The Kier molecular flexibility index (Phi) is 3.78. The van der Waals surface area contributed by atoms with Crippen molar-refractivity contribution in [2.24, 2.45) is 5.73 Å². The molecule has 2 fully saturated rings. The van der Waals surface area contributed by atoms with Crippen LogP contribution in [-0.2, 0) is 9.47 Å². The first-order chi connectivity index (χ1) is 8.01. The molecule has 2 aliphatic rings. The van der Waals surface area contributed by atoms with Crippen molar-refractivity contribution in [3.63, 3.8) is 0 Å². The lowest BCUT2D eigenvalue weighted by Gasteiger charge is -2.49. The smallest absolute Gasteiger partial charge is 0.0710 e. The second-order valence-corrected chi connectivity index (χ2v) is 6.06. The molecule has 2 rings (SSSR count). The lowest BCUT2D eigenvalue weighted by atomic mass is 9.80. The van der Waals surface area contributed by atoms with Crippen LogP contribution in [0.5, 0.6) is 0 Å². The number of hydrogen-bond donors (Lipinski definition) is 1. The minimum atomic E-state index is -0.0528. The highest BCUT2D eigenvalue weighted by Gasteiger charge is 2.46. The molecule has 0 amide bonds. The molecule has 2 atom stereocenters. The molecule has 2 heterocycles. The maximum Gasteiger partial charge on any atom is 0.0710 e. The molecular formula is C13H26N2O2. The van der Waals surface area contributed by atoms with E-state index >= 15 is 0 Å². The third kappa shape index (κ3) is 2.65. The van der Waals surface area contributed by atoms with E-state index in [-0.39, 0.29) is 11.1 Å². The minimum Gasteiger partial charge on any atom is -0.380 e. The van der Waals surface area contributed by atoms with E-state index in [9.17, 15) is 0 Å². The molecule has 17 heavy (non-hydrogen) atoms. The molecule has 0 aromatic rings. The Labute approximate surface area is 104 Å². The summed E-state index contributed by atoms with van der Waals surface area (Å²) in [7, 11) is 1.80. The fourth-order valence-electron chi connectivity index (χ4n) is 3.37. The predicted molar refractivity (Wildman–Crippen MR) is 68.0 cm³/mol. The van der Waals surface area contributed by atoms with E-state index in [1.807, 2.05) is 0 Å². The van der Waals surface area contributed by atoms with Gasteiger partial charge in [-0.2, -0.15) is 0 Å². The van der Waals surface area contributed by atoms with E-state index in [2.05, 4.69) is 18.7 Å². The average molecular weight is 242 g/mol. The van der Waals surface area contributed by atoms with Crippen molar-refractivity contribution in [3.8, 4) is 0 Å². The van der Waals surface area contributed by atoms with Crippen LogP contribution in [0, 0.1) is 0 Å². The Balaban J connectivity index is 2.09. The third-order valence-corrected chi connectivity index (χ3v) is 4.34. The van der Waals surface area contributed by atoms with E-state index in [4.69, 9.17) is 15.2 Å². The molecule has 0 aromatic carbocycles. The molecule has 0 aromatic heterocycles. The maximum absolute atomic E-state index is 6.09. The van der Waals surface area contributed by atoms with Crippen LogP contribution in [0.4, 0.5) is 0 Å². The van der Waals surface area contributed by atoms with Gasteiger partial charge < -0.3 is 15.2 Å². The highest BCUT2D eigenvalue weighted by molar-refractivity contribution is 5.01. The SMILES string of the molecule is COC1CCN(C2(CN)CCOC(C)(C)C2)C1. The van der Waals surface area contributed by atoms with Crippen LogP contribution in [0.3, 0.4) is 0 Å². The van der Waals surface area contributed by atoms with Crippen LogP contribution in [0.15, 0.2) is 0 Å². The van der Waals surface area contributed by atoms with Gasteiger partial charge in [-0.1, -0.05) is 0 Å². The summed E-state index contributed by atoms with van der Waals surface area (Å²) in [4.78, 5) is 2.53. The summed E-state index contributed by atoms with van der Waals surface area (Å²) < 4.78 is 11.3. The third-order valence-electron chi connectivity index (χ3n) is 4.34. The van der Waals surface area contributed by atoms with Gasteiger partial charge in [-0.15, -0.1) is 0 Å². The Hall–Kier alpha value is -0.160. The van der Waals surface area contributed by atoms with Crippen LogP contribution < -0.4 is 5.73 Å². The van der Waals surface area contributed by atoms with E-state index in [1.54, 1.807) is 7.11 Å². The molecule has 100 valence electrons. The standard InChI is InChI=1S/C13H26N2O2/c1-12(2)9-13(10-14,5-7-17-12)15-6-4-11(8-15)16-3/h11H,4-10,14H2,1-3H3. The summed E-state index contributed by atoms with van der Waals surface area (Å²) in [5, 5.41) is 0. The molecule has 2 unspecified atom stereocenters. The number of nitrogens with two attached hydrogens (primary N) is 1. The van der Waals surface area contributed by atoms with Crippen LogP contribution >= 0.6 is 0 Å².